The molecule has 0 radical (unpaired) electrons. The second-order valence-electron chi connectivity index (χ2n) is 2.88. The zero-order valence-corrected chi connectivity index (χ0v) is 10.7. The summed E-state index contributed by atoms with van der Waals surface area (Å²) in [5.41, 5.74) is 1.52. The van der Waals surface area contributed by atoms with Crippen LogP contribution in [-0.2, 0) is 0 Å². The summed E-state index contributed by atoms with van der Waals surface area (Å²) >= 11 is 6.66. The highest BCUT2D eigenvalue weighted by Crippen LogP contribution is 2.20. The van der Waals surface area contributed by atoms with Crippen molar-refractivity contribution in [3.63, 3.8) is 0 Å². The molecule has 0 aliphatic carbocycles. The molecule has 0 spiro atoms. The van der Waals surface area contributed by atoms with E-state index in [0.717, 1.165) is 14.6 Å². The van der Waals surface area contributed by atoms with Crippen molar-refractivity contribution in [3.8, 4) is 11.8 Å². The lowest BCUT2D eigenvalue weighted by Crippen LogP contribution is -1.94. The van der Waals surface area contributed by atoms with Crippen molar-refractivity contribution in [1.82, 2.24) is 9.78 Å². The number of halogens is 2. The first kappa shape index (κ1) is 10.4. The third kappa shape index (κ3) is 2.11. The second-order valence-corrected chi connectivity index (χ2v) is 4.65. The Morgan fingerprint density at radius 2 is 2.13 bits per heavy atom. The minimum absolute atomic E-state index is 0.616. The standard InChI is InChI=1S/C10H5Br2N3/c11-8-5-14-15(6-8)9-2-1-7(4-13)10(12)3-9/h1-3,5-6H. The van der Waals surface area contributed by atoms with Crippen LogP contribution in [0.25, 0.3) is 5.69 Å². The zero-order chi connectivity index (χ0) is 10.8. The first-order valence-electron chi connectivity index (χ1n) is 4.11. The molecular formula is C10H5Br2N3. The van der Waals surface area contributed by atoms with Crippen molar-refractivity contribution in [1.29, 1.82) is 5.26 Å². The van der Waals surface area contributed by atoms with Crippen molar-refractivity contribution in [3.05, 3.63) is 45.1 Å². The van der Waals surface area contributed by atoms with Crippen molar-refractivity contribution >= 4 is 31.9 Å². The largest absolute Gasteiger partial charge is 0.240 e. The third-order valence-electron chi connectivity index (χ3n) is 1.89. The molecule has 0 aliphatic heterocycles. The second kappa shape index (κ2) is 4.17. The number of hydrogen-bond acceptors (Lipinski definition) is 2. The van der Waals surface area contributed by atoms with Crippen LogP contribution in [0.1, 0.15) is 5.56 Å². The van der Waals surface area contributed by atoms with E-state index >= 15 is 0 Å². The van der Waals surface area contributed by atoms with E-state index in [4.69, 9.17) is 5.26 Å². The van der Waals surface area contributed by atoms with E-state index in [2.05, 4.69) is 43.0 Å². The Hall–Kier alpha value is -1.12. The van der Waals surface area contributed by atoms with E-state index in [-0.39, 0.29) is 0 Å². The molecular weight excluding hydrogens is 322 g/mol. The molecule has 0 amide bonds. The van der Waals surface area contributed by atoms with Gasteiger partial charge in [0.25, 0.3) is 0 Å². The smallest absolute Gasteiger partial charge is 0.100 e. The van der Waals surface area contributed by atoms with Gasteiger partial charge in [0.05, 0.1) is 21.9 Å². The molecule has 0 saturated carbocycles. The average Bonchev–Trinajstić information content (AvgIpc) is 2.65. The van der Waals surface area contributed by atoms with Gasteiger partial charge < -0.3 is 0 Å². The fraction of sp³-hybridized carbons (Fsp3) is 0. The number of nitriles is 1. The minimum atomic E-state index is 0.616. The minimum Gasteiger partial charge on any atom is -0.240 e. The van der Waals surface area contributed by atoms with Gasteiger partial charge in [-0.3, -0.25) is 0 Å². The summed E-state index contributed by atoms with van der Waals surface area (Å²) in [6.45, 7) is 0. The van der Waals surface area contributed by atoms with Crippen molar-refractivity contribution < 1.29 is 0 Å². The first-order chi connectivity index (χ1) is 7.20. The molecule has 0 unspecified atom stereocenters. The van der Waals surface area contributed by atoms with Crippen LogP contribution >= 0.6 is 31.9 Å². The molecule has 0 atom stereocenters. The lowest BCUT2D eigenvalue weighted by molar-refractivity contribution is 0.879. The zero-order valence-electron chi connectivity index (χ0n) is 7.48. The fourth-order valence-electron chi connectivity index (χ4n) is 1.18. The Labute approximate surface area is 104 Å². The van der Waals surface area contributed by atoms with Gasteiger partial charge in [-0.2, -0.15) is 10.4 Å². The average molecular weight is 327 g/mol. The van der Waals surface area contributed by atoms with Crippen LogP contribution in [0.3, 0.4) is 0 Å². The maximum Gasteiger partial charge on any atom is 0.100 e. The number of nitrogens with zero attached hydrogens (tertiary/aromatic N) is 3. The molecule has 2 aromatic rings. The highest BCUT2D eigenvalue weighted by Gasteiger charge is 2.03. The fourth-order valence-corrected chi connectivity index (χ4v) is 1.92. The maximum atomic E-state index is 8.77. The van der Waals surface area contributed by atoms with Gasteiger partial charge in [0, 0.05) is 10.7 Å². The van der Waals surface area contributed by atoms with Crippen LogP contribution < -0.4 is 0 Å². The molecule has 0 N–H and O–H groups in total. The van der Waals surface area contributed by atoms with Gasteiger partial charge >= 0.3 is 0 Å². The predicted octanol–water partition coefficient (Wildman–Crippen LogP) is 3.27. The summed E-state index contributed by atoms with van der Waals surface area (Å²) in [7, 11) is 0. The van der Waals surface area contributed by atoms with Gasteiger partial charge in [0.1, 0.15) is 6.07 Å². The summed E-state index contributed by atoms with van der Waals surface area (Å²) < 4.78 is 3.42. The Bertz CT molecular complexity index is 540. The monoisotopic (exact) mass is 325 g/mol. The molecule has 1 heterocycles. The number of hydrogen-bond donors (Lipinski definition) is 0. The first-order valence-corrected chi connectivity index (χ1v) is 5.69. The Morgan fingerprint density at radius 3 is 2.67 bits per heavy atom. The molecule has 5 heteroatoms. The quantitative estimate of drug-likeness (QED) is 0.807. The summed E-state index contributed by atoms with van der Waals surface area (Å²) in [5.74, 6) is 0. The van der Waals surface area contributed by atoms with Crippen LogP contribution in [0, 0.1) is 11.3 Å². The number of benzene rings is 1. The van der Waals surface area contributed by atoms with E-state index in [1.807, 2.05) is 18.3 Å². The van der Waals surface area contributed by atoms with Gasteiger partial charge in [-0.05, 0) is 50.1 Å². The van der Waals surface area contributed by atoms with Gasteiger partial charge in [-0.15, -0.1) is 0 Å². The predicted molar refractivity (Wildman–Crippen MR) is 63.7 cm³/mol. The van der Waals surface area contributed by atoms with Gasteiger partial charge in [0.15, 0.2) is 0 Å². The molecule has 1 aromatic carbocycles. The van der Waals surface area contributed by atoms with Crippen molar-refractivity contribution in [2.24, 2.45) is 0 Å². The van der Waals surface area contributed by atoms with E-state index < -0.39 is 0 Å². The lowest BCUT2D eigenvalue weighted by Gasteiger charge is -2.02. The van der Waals surface area contributed by atoms with Crippen molar-refractivity contribution in [2.75, 3.05) is 0 Å². The summed E-state index contributed by atoms with van der Waals surface area (Å²) in [6.07, 6.45) is 3.57. The Balaban J connectivity index is 2.48. The van der Waals surface area contributed by atoms with Crippen LogP contribution in [0.5, 0.6) is 0 Å². The number of aromatic nitrogens is 2. The van der Waals surface area contributed by atoms with Crippen LogP contribution in [0.2, 0.25) is 0 Å². The molecule has 3 nitrogen and oxygen atoms in total. The van der Waals surface area contributed by atoms with E-state index in [9.17, 15) is 0 Å². The van der Waals surface area contributed by atoms with Gasteiger partial charge in [-0.25, -0.2) is 4.68 Å². The Kier molecular flexibility index (Phi) is 2.89. The van der Waals surface area contributed by atoms with Gasteiger partial charge in [-0.1, -0.05) is 0 Å². The third-order valence-corrected chi connectivity index (χ3v) is 2.95. The van der Waals surface area contributed by atoms with Gasteiger partial charge in [0.2, 0.25) is 0 Å². The molecule has 0 bridgehead atoms. The van der Waals surface area contributed by atoms with Crippen LogP contribution in [0.4, 0.5) is 0 Å². The summed E-state index contributed by atoms with van der Waals surface area (Å²) in [6, 6.07) is 7.56. The van der Waals surface area contributed by atoms with E-state index in [1.165, 1.54) is 0 Å². The Morgan fingerprint density at radius 1 is 1.33 bits per heavy atom. The molecule has 15 heavy (non-hydrogen) atoms. The lowest BCUT2D eigenvalue weighted by atomic mass is 10.2. The number of rotatable bonds is 1. The highest BCUT2D eigenvalue weighted by molar-refractivity contribution is 9.10. The molecule has 1 aromatic heterocycles. The molecule has 74 valence electrons. The molecule has 2 rings (SSSR count). The highest BCUT2D eigenvalue weighted by atomic mass is 79.9. The molecule has 0 fully saturated rings. The maximum absolute atomic E-state index is 8.77. The van der Waals surface area contributed by atoms with E-state index in [1.54, 1.807) is 16.9 Å². The summed E-state index contributed by atoms with van der Waals surface area (Å²) in [4.78, 5) is 0. The SMILES string of the molecule is N#Cc1ccc(-n2cc(Br)cn2)cc1Br. The summed E-state index contributed by atoms with van der Waals surface area (Å²) in [5, 5.41) is 12.9. The van der Waals surface area contributed by atoms with Crippen LogP contribution in [0.15, 0.2) is 39.5 Å². The molecule has 0 aliphatic rings. The molecule has 0 saturated heterocycles. The van der Waals surface area contributed by atoms with Crippen LogP contribution in [-0.4, -0.2) is 9.78 Å². The normalized spacial score (nSPS) is 9.93. The van der Waals surface area contributed by atoms with Crippen molar-refractivity contribution in [2.45, 2.75) is 0 Å². The van der Waals surface area contributed by atoms with E-state index in [0.29, 0.717) is 5.56 Å². The topological polar surface area (TPSA) is 41.6 Å².